The zero-order chi connectivity index (χ0) is 20.1. The second-order valence-corrected chi connectivity index (χ2v) is 7.68. The molecule has 3 aromatic rings. The fourth-order valence-electron chi connectivity index (χ4n) is 2.82. The van der Waals surface area contributed by atoms with E-state index in [1.807, 2.05) is 49.2 Å². The molecule has 1 aromatic heterocycles. The Bertz CT molecular complexity index is 942. The summed E-state index contributed by atoms with van der Waals surface area (Å²) in [6.07, 6.45) is 0.951. The van der Waals surface area contributed by atoms with Crippen molar-refractivity contribution in [2.45, 2.75) is 32.9 Å². The van der Waals surface area contributed by atoms with Gasteiger partial charge in [-0.05, 0) is 44.2 Å². The number of amides is 1. The van der Waals surface area contributed by atoms with Gasteiger partial charge in [-0.25, -0.2) is 4.39 Å². The van der Waals surface area contributed by atoms with Crippen LogP contribution in [0.5, 0.6) is 0 Å². The molecule has 5 nitrogen and oxygen atoms in total. The summed E-state index contributed by atoms with van der Waals surface area (Å²) in [5.74, 6) is -0.508. The van der Waals surface area contributed by atoms with Gasteiger partial charge in [-0.1, -0.05) is 48.6 Å². The predicted octanol–water partition coefficient (Wildman–Crippen LogP) is 4.68. The van der Waals surface area contributed by atoms with Crippen molar-refractivity contribution < 1.29 is 9.18 Å². The molecule has 1 heterocycles. The largest absolute Gasteiger partial charge is 0.320 e. The minimum atomic E-state index is -0.280. The van der Waals surface area contributed by atoms with E-state index in [9.17, 15) is 9.18 Å². The van der Waals surface area contributed by atoms with Crippen molar-refractivity contribution in [3.63, 3.8) is 0 Å². The van der Waals surface area contributed by atoms with Crippen LogP contribution in [0.25, 0.3) is 0 Å². The zero-order valence-electron chi connectivity index (χ0n) is 16.1. The molecule has 1 N–H and O–H groups in total. The maximum atomic E-state index is 14.0. The van der Waals surface area contributed by atoms with Crippen molar-refractivity contribution in [1.29, 1.82) is 0 Å². The molecule has 0 saturated carbocycles. The van der Waals surface area contributed by atoms with Crippen molar-refractivity contribution in [3.8, 4) is 0 Å². The molecule has 7 heteroatoms. The molecule has 1 unspecified atom stereocenters. The molecule has 1 amide bonds. The molecule has 1 atom stereocenters. The molecular formula is C21H23FN4OS. The van der Waals surface area contributed by atoms with E-state index in [0.29, 0.717) is 22.1 Å². The summed E-state index contributed by atoms with van der Waals surface area (Å²) in [4.78, 5) is 14.4. The number of halogens is 1. The van der Waals surface area contributed by atoms with Gasteiger partial charge in [0.25, 0.3) is 5.91 Å². The van der Waals surface area contributed by atoms with Crippen molar-refractivity contribution in [3.05, 3.63) is 75.5 Å². The number of nitrogens with zero attached hydrogens (tertiary/aromatic N) is 3. The number of aryl methyl sites for hydroxylation is 1. The number of hydrogen-bond acceptors (Lipinski definition) is 5. The Kier molecular flexibility index (Phi) is 6.49. The van der Waals surface area contributed by atoms with Crippen LogP contribution in [0.15, 0.2) is 48.5 Å². The lowest BCUT2D eigenvalue weighted by Crippen LogP contribution is -2.22. The molecule has 3 rings (SSSR count). The van der Waals surface area contributed by atoms with Crippen molar-refractivity contribution in [2.24, 2.45) is 0 Å². The summed E-state index contributed by atoms with van der Waals surface area (Å²) in [5, 5.41) is 12.0. The zero-order valence-corrected chi connectivity index (χ0v) is 17.0. The van der Waals surface area contributed by atoms with Gasteiger partial charge in [0.15, 0.2) is 0 Å². The normalized spacial score (nSPS) is 12.2. The first-order valence-corrected chi connectivity index (χ1v) is 9.97. The van der Waals surface area contributed by atoms with Gasteiger partial charge >= 0.3 is 0 Å². The number of carbonyl (C=O) groups is 1. The molecule has 0 aliphatic carbocycles. The number of carbonyl (C=O) groups excluding carboxylic acids is 1. The number of benzene rings is 2. The summed E-state index contributed by atoms with van der Waals surface area (Å²) in [6.45, 7) is 4.50. The number of nitrogens with one attached hydrogen (secondary N) is 1. The summed E-state index contributed by atoms with van der Waals surface area (Å²) in [5.41, 5.74) is 2.57. The highest BCUT2D eigenvalue weighted by Crippen LogP contribution is 2.24. The molecular weight excluding hydrogens is 375 g/mol. The lowest BCUT2D eigenvalue weighted by molar-refractivity contribution is 0.102. The monoisotopic (exact) mass is 398 g/mol. The van der Waals surface area contributed by atoms with Crippen LogP contribution < -0.4 is 5.32 Å². The first-order chi connectivity index (χ1) is 13.5. The van der Waals surface area contributed by atoms with Crippen LogP contribution >= 0.6 is 11.3 Å². The molecule has 2 aromatic carbocycles. The van der Waals surface area contributed by atoms with E-state index < -0.39 is 0 Å². The third kappa shape index (κ3) is 4.79. The lowest BCUT2D eigenvalue weighted by Gasteiger charge is -2.24. The lowest BCUT2D eigenvalue weighted by atomic mass is 10.1. The average molecular weight is 399 g/mol. The maximum absolute atomic E-state index is 14.0. The molecule has 0 aliphatic rings. The molecule has 0 aliphatic heterocycles. The predicted molar refractivity (Wildman–Crippen MR) is 110 cm³/mol. The third-order valence-electron chi connectivity index (χ3n) is 4.68. The topological polar surface area (TPSA) is 58.1 Å². The standard InChI is InChI=1S/C21H23FN4OS/c1-4-15-9-11-16(12-10-15)23-20(27)21-25-24-19(28-21)13-26(3)14(2)17-7-5-6-8-18(17)22/h5-12,14H,4,13H2,1-3H3,(H,23,27). The second kappa shape index (κ2) is 9.03. The van der Waals surface area contributed by atoms with E-state index in [4.69, 9.17) is 0 Å². The number of aromatic nitrogens is 2. The molecule has 0 fully saturated rings. The van der Waals surface area contributed by atoms with Crippen LogP contribution in [0.3, 0.4) is 0 Å². The van der Waals surface area contributed by atoms with Gasteiger partial charge in [-0.3, -0.25) is 9.69 Å². The molecule has 0 bridgehead atoms. The Hall–Kier alpha value is -2.64. The van der Waals surface area contributed by atoms with Gasteiger partial charge in [0.2, 0.25) is 5.01 Å². The van der Waals surface area contributed by atoms with E-state index in [-0.39, 0.29) is 17.8 Å². The molecule has 146 valence electrons. The van der Waals surface area contributed by atoms with Crippen molar-refractivity contribution >= 4 is 22.9 Å². The van der Waals surface area contributed by atoms with Gasteiger partial charge in [0.05, 0.1) is 6.54 Å². The minimum Gasteiger partial charge on any atom is -0.320 e. The van der Waals surface area contributed by atoms with Gasteiger partial charge in [0, 0.05) is 17.3 Å². The molecule has 28 heavy (non-hydrogen) atoms. The van der Waals surface area contributed by atoms with E-state index in [1.165, 1.54) is 23.0 Å². The highest BCUT2D eigenvalue weighted by molar-refractivity contribution is 7.13. The fraction of sp³-hybridized carbons (Fsp3) is 0.286. The van der Waals surface area contributed by atoms with Gasteiger partial charge in [-0.15, -0.1) is 10.2 Å². The van der Waals surface area contributed by atoms with E-state index in [2.05, 4.69) is 22.4 Å². The summed E-state index contributed by atoms with van der Waals surface area (Å²) >= 11 is 1.24. The van der Waals surface area contributed by atoms with Crippen LogP contribution in [-0.4, -0.2) is 28.1 Å². The van der Waals surface area contributed by atoms with Crippen LogP contribution in [-0.2, 0) is 13.0 Å². The van der Waals surface area contributed by atoms with Gasteiger partial charge in [0.1, 0.15) is 10.8 Å². The van der Waals surface area contributed by atoms with Crippen LogP contribution in [0.4, 0.5) is 10.1 Å². The summed E-state index contributed by atoms with van der Waals surface area (Å²) in [7, 11) is 1.90. The number of hydrogen-bond donors (Lipinski definition) is 1. The van der Waals surface area contributed by atoms with Crippen LogP contribution in [0, 0.1) is 5.82 Å². The summed E-state index contributed by atoms with van der Waals surface area (Å²) in [6, 6.07) is 14.3. The van der Waals surface area contributed by atoms with Crippen LogP contribution in [0.1, 0.15) is 45.8 Å². The first-order valence-electron chi connectivity index (χ1n) is 9.15. The van der Waals surface area contributed by atoms with Gasteiger partial charge < -0.3 is 5.32 Å². The van der Waals surface area contributed by atoms with Gasteiger partial charge in [-0.2, -0.15) is 0 Å². The Morgan fingerprint density at radius 2 is 1.89 bits per heavy atom. The highest BCUT2D eigenvalue weighted by Gasteiger charge is 2.19. The smallest absolute Gasteiger partial charge is 0.286 e. The quantitative estimate of drug-likeness (QED) is 0.628. The molecule has 0 radical (unpaired) electrons. The average Bonchev–Trinajstić information content (AvgIpc) is 3.17. The maximum Gasteiger partial charge on any atom is 0.286 e. The second-order valence-electron chi connectivity index (χ2n) is 6.62. The number of anilines is 1. The minimum absolute atomic E-state index is 0.126. The Morgan fingerprint density at radius 3 is 2.57 bits per heavy atom. The summed E-state index contributed by atoms with van der Waals surface area (Å²) < 4.78 is 14.0. The Morgan fingerprint density at radius 1 is 1.18 bits per heavy atom. The number of rotatable bonds is 7. The molecule has 0 saturated heterocycles. The van der Waals surface area contributed by atoms with Crippen LogP contribution in [0.2, 0.25) is 0 Å². The van der Waals surface area contributed by atoms with Crippen molar-refractivity contribution in [1.82, 2.24) is 15.1 Å². The fourth-order valence-corrected chi connectivity index (χ4v) is 3.62. The third-order valence-corrected chi connectivity index (χ3v) is 5.59. The Labute approximate surface area is 168 Å². The van der Waals surface area contributed by atoms with E-state index in [1.54, 1.807) is 12.1 Å². The SMILES string of the molecule is CCc1ccc(NC(=O)c2nnc(CN(C)C(C)c3ccccc3F)s2)cc1. The van der Waals surface area contributed by atoms with E-state index in [0.717, 1.165) is 12.1 Å². The Balaban J connectivity index is 1.62. The first kappa shape index (κ1) is 20.1. The molecule has 0 spiro atoms. The highest BCUT2D eigenvalue weighted by atomic mass is 32.1. The van der Waals surface area contributed by atoms with Crippen molar-refractivity contribution in [2.75, 3.05) is 12.4 Å². The van der Waals surface area contributed by atoms with E-state index >= 15 is 0 Å².